The van der Waals surface area contributed by atoms with Gasteiger partial charge in [0.05, 0.1) is 0 Å². The number of hydrogen-bond donors (Lipinski definition) is 1. The fourth-order valence-corrected chi connectivity index (χ4v) is 2.81. The van der Waals surface area contributed by atoms with E-state index < -0.39 is 0 Å². The predicted octanol–water partition coefficient (Wildman–Crippen LogP) is 3.08. The number of methoxy groups -OCH3 is 1. The molecule has 0 amide bonds. The van der Waals surface area contributed by atoms with Gasteiger partial charge in [0.2, 0.25) is 0 Å². The van der Waals surface area contributed by atoms with Crippen molar-refractivity contribution >= 4 is 0 Å². The third-order valence-electron chi connectivity index (χ3n) is 4.06. The van der Waals surface area contributed by atoms with Gasteiger partial charge in [-0.3, -0.25) is 0 Å². The maximum Gasteiger partial charge on any atom is 0.0479 e. The molecule has 0 bridgehead atoms. The lowest BCUT2D eigenvalue weighted by molar-refractivity contribution is 0.147. The lowest BCUT2D eigenvalue weighted by Gasteiger charge is -2.37. The highest BCUT2D eigenvalue weighted by atomic mass is 16.5. The van der Waals surface area contributed by atoms with E-state index in [0.29, 0.717) is 5.92 Å². The molecule has 0 aliphatic heterocycles. The Morgan fingerprint density at radius 3 is 2.47 bits per heavy atom. The molecule has 0 saturated heterocycles. The van der Waals surface area contributed by atoms with E-state index in [-0.39, 0.29) is 5.54 Å². The lowest BCUT2D eigenvalue weighted by Crippen LogP contribution is -2.43. The number of ether oxygens (including phenoxy) is 1. The van der Waals surface area contributed by atoms with Gasteiger partial charge in [0.25, 0.3) is 0 Å². The summed E-state index contributed by atoms with van der Waals surface area (Å²) in [6.07, 6.45) is 5.66. The molecule has 1 aromatic carbocycles. The van der Waals surface area contributed by atoms with Crippen LogP contribution in [0.1, 0.15) is 43.6 Å². The molecule has 2 N–H and O–H groups in total. The highest BCUT2D eigenvalue weighted by Gasteiger charge is 2.31. The molecule has 0 heterocycles. The van der Waals surface area contributed by atoms with Crippen molar-refractivity contribution in [3.8, 4) is 0 Å². The molecule has 1 fully saturated rings. The van der Waals surface area contributed by atoms with Gasteiger partial charge in [-0.25, -0.2) is 0 Å². The second-order valence-corrected chi connectivity index (χ2v) is 5.29. The van der Waals surface area contributed by atoms with Crippen LogP contribution in [0, 0.1) is 0 Å². The van der Waals surface area contributed by atoms with Gasteiger partial charge >= 0.3 is 0 Å². The van der Waals surface area contributed by atoms with Gasteiger partial charge in [-0.2, -0.15) is 0 Å². The summed E-state index contributed by atoms with van der Waals surface area (Å²) in [5.41, 5.74) is 7.89. The molecule has 0 aromatic heterocycles. The Labute approximate surface area is 104 Å². The van der Waals surface area contributed by atoms with E-state index in [9.17, 15) is 0 Å². The molecule has 1 saturated carbocycles. The summed E-state index contributed by atoms with van der Waals surface area (Å²) in [5.74, 6) is 0.704. The van der Waals surface area contributed by atoms with Gasteiger partial charge in [0.15, 0.2) is 0 Å². The number of nitrogens with two attached hydrogens (primary N) is 1. The first kappa shape index (κ1) is 12.6. The van der Waals surface area contributed by atoms with E-state index >= 15 is 0 Å². The maximum atomic E-state index is 6.41. The van der Waals surface area contributed by atoms with Crippen LogP contribution in [-0.4, -0.2) is 19.3 Å². The lowest BCUT2D eigenvalue weighted by atomic mass is 9.73. The fourth-order valence-electron chi connectivity index (χ4n) is 2.81. The monoisotopic (exact) mass is 233 g/mol. The molecule has 1 aliphatic carbocycles. The van der Waals surface area contributed by atoms with Gasteiger partial charge in [-0.15, -0.1) is 0 Å². The van der Waals surface area contributed by atoms with E-state index in [1.54, 1.807) is 7.11 Å². The molecular weight excluding hydrogens is 210 g/mol. The molecule has 2 nitrogen and oxygen atoms in total. The molecule has 0 unspecified atom stereocenters. The first-order valence-corrected chi connectivity index (χ1v) is 6.56. The Morgan fingerprint density at radius 2 is 1.88 bits per heavy atom. The van der Waals surface area contributed by atoms with Crippen LogP contribution in [0.3, 0.4) is 0 Å². The Morgan fingerprint density at radius 1 is 1.24 bits per heavy atom. The fraction of sp³-hybridized carbons (Fsp3) is 0.600. The van der Waals surface area contributed by atoms with Crippen LogP contribution in [0.4, 0.5) is 0 Å². The van der Waals surface area contributed by atoms with Crippen LogP contribution < -0.4 is 5.73 Å². The summed E-state index contributed by atoms with van der Waals surface area (Å²) in [7, 11) is 1.75. The summed E-state index contributed by atoms with van der Waals surface area (Å²) in [5, 5.41) is 0. The Kier molecular flexibility index (Phi) is 4.19. The summed E-state index contributed by atoms with van der Waals surface area (Å²) in [4.78, 5) is 0. The molecule has 2 heteroatoms. The molecule has 0 atom stereocenters. The summed E-state index contributed by atoms with van der Waals surface area (Å²) >= 11 is 0. The van der Waals surface area contributed by atoms with E-state index in [0.717, 1.165) is 25.9 Å². The van der Waals surface area contributed by atoms with E-state index in [1.807, 2.05) is 0 Å². The van der Waals surface area contributed by atoms with E-state index in [2.05, 4.69) is 30.3 Å². The SMILES string of the molecule is COCCC1(N)CCC(c2ccccc2)CC1. The minimum atomic E-state index is 0.0152. The second kappa shape index (κ2) is 5.65. The van der Waals surface area contributed by atoms with Gasteiger partial charge < -0.3 is 10.5 Å². The van der Waals surface area contributed by atoms with Crippen molar-refractivity contribution in [2.75, 3.05) is 13.7 Å². The highest BCUT2D eigenvalue weighted by Crippen LogP contribution is 2.38. The number of hydrogen-bond acceptors (Lipinski definition) is 2. The van der Waals surface area contributed by atoms with Gasteiger partial charge in [-0.05, 0) is 43.6 Å². The van der Waals surface area contributed by atoms with Crippen LogP contribution in [0.25, 0.3) is 0 Å². The van der Waals surface area contributed by atoms with E-state index in [4.69, 9.17) is 10.5 Å². The third-order valence-corrected chi connectivity index (χ3v) is 4.06. The minimum absolute atomic E-state index is 0.0152. The highest BCUT2D eigenvalue weighted by molar-refractivity contribution is 5.20. The van der Waals surface area contributed by atoms with Crippen LogP contribution in [0.5, 0.6) is 0 Å². The van der Waals surface area contributed by atoms with Crippen molar-refractivity contribution in [2.24, 2.45) is 5.73 Å². The molecule has 17 heavy (non-hydrogen) atoms. The molecule has 94 valence electrons. The summed E-state index contributed by atoms with van der Waals surface area (Å²) in [6.45, 7) is 0.784. The zero-order chi connectivity index (χ0) is 12.1. The quantitative estimate of drug-likeness (QED) is 0.867. The van der Waals surface area contributed by atoms with Gasteiger partial charge in [0.1, 0.15) is 0 Å². The van der Waals surface area contributed by atoms with Crippen molar-refractivity contribution in [3.05, 3.63) is 35.9 Å². The van der Waals surface area contributed by atoms with Crippen LogP contribution in [0.2, 0.25) is 0 Å². The molecule has 1 aromatic rings. The number of benzene rings is 1. The smallest absolute Gasteiger partial charge is 0.0479 e. The third kappa shape index (κ3) is 3.30. The Balaban J connectivity index is 1.90. The molecule has 0 spiro atoms. The molecule has 0 radical (unpaired) electrons. The Bertz CT molecular complexity index is 328. The molecule has 2 rings (SSSR count). The minimum Gasteiger partial charge on any atom is -0.385 e. The Hall–Kier alpha value is -0.860. The predicted molar refractivity (Wildman–Crippen MR) is 71.1 cm³/mol. The first-order chi connectivity index (χ1) is 8.23. The first-order valence-electron chi connectivity index (χ1n) is 6.56. The standard InChI is InChI=1S/C15H23NO/c1-17-12-11-15(16)9-7-14(8-10-15)13-5-3-2-4-6-13/h2-6,14H,7-12,16H2,1H3. The van der Waals surface area contributed by atoms with Crippen molar-refractivity contribution in [2.45, 2.75) is 43.6 Å². The maximum absolute atomic E-state index is 6.41. The van der Waals surface area contributed by atoms with Crippen LogP contribution >= 0.6 is 0 Å². The van der Waals surface area contributed by atoms with Crippen molar-refractivity contribution in [1.29, 1.82) is 0 Å². The second-order valence-electron chi connectivity index (χ2n) is 5.29. The summed E-state index contributed by atoms with van der Waals surface area (Å²) < 4.78 is 5.14. The topological polar surface area (TPSA) is 35.2 Å². The largest absolute Gasteiger partial charge is 0.385 e. The van der Waals surface area contributed by atoms with Gasteiger partial charge in [0, 0.05) is 19.3 Å². The molecule has 1 aliphatic rings. The zero-order valence-electron chi connectivity index (χ0n) is 10.7. The van der Waals surface area contributed by atoms with Crippen molar-refractivity contribution in [3.63, 3.8) is 0 Å². The van der Waals surface area contributed by atoms with Crippen molar-refractivity contribution < 1.29 is 4.74 Å². The van der Waals surface area contributed by atoms with Crippen molar-refractivity contribution in [1.82, 2.24) is 0 Å². The zero-order valence-corrected chi connectivity index (χ0v) is 10.7. The normalized spacial score (nSPS) is 29.2. The van der Waals surface area contributed by atoms with Crippen LogP contribution in [-0.2, 0) is 4.74 Å². The van der Waals surface area contributed by atoms with Crippen LogP contribution in [0.15, 0.2) is 30.3 Å². The van der Waals surface area contributed by atoms with Gasteiger partial charge in [-0.1, -0.05) is 30.3 Å². The average molecular weight is 233 g/mol. The average Bonchev–Trinajstić information content (AvgIpc) is 2.38. The summed E-state index contributed by atoms with van der Waals surface area (Å²) in [6, 6.07) is 10.8. The number of rotatable bonds is 4. The molecular formula is C15H23NO. The van der Waals surface area contributed by atoms with E-state index in [1.165, 1.54) is 18.4 Å².